The molecule has 1 aromatic heterocycles. The molecular weight excluding hydrogens is 676 g/mol. The first kappa shape index (κ1) is 37.3. The number of tetrazole rings is 1. The lowest BCUT2D eigenvalue weighted by Crippen LogP contribution is -2.60. The van der Waals surface area contributed by atoms with Gasteiger partial charge in [0.15, 0.2) is 6.61 Å². The third kappa shape index (κ3) is 10.1. The SMILES string of the molecule is C[C@@H]1NC(=O)[C@H]([C@@H](C)O)NC(=O)[C@@H]2C[C@H](NC(=O)Cn3cnnn3)CN2C(=O)[C@H](Cc2ccccc2)NC(=O)COc2ccc(cc2)CCNC1=O. The number of ether oxygens (including phenoxy) is 1. The van der Waals surface area contributed by atoms with E-state index in [-0.39, 0.29) is 32.5 Å². The van der Waals surface area contributed by atoms with Gasteiger partial charge in [0.1, 0.15) is 42.8 Å². The lowest BCUT2D eigenvalue weighted by Gasteiger charge is -2.30. The standard InChI is InChI=1S/C34H42N10O8/c1-20-31(48)35-13-12-22-8-10-25(11-9-22)52-18-29(47)39-26(14-23-6-4-3-5-7-23)34(51)44-16-24(38-28(46)17-43-19-36-41-42-43)15-27(44)32(49)40-30(21(2)45)33(50)37-20/h3-11,19-21,24,26-27,30,45H,12-18H2,1-2H3,(H,35,48)(H,37,50)(H,38,46)(H,39,47)(H,40,49)/t20-,21+,24-,26-,27-,30-/m0/s1. The largest absolute Gasteiger partial charge is 0.484 e. The molecule has 0 unspecified atom stereocenters. The fourth-order valence-corrected chi connectivity index (χ4v) is 6.00. The second kappa shape index (κ2) is 17.3. The summed E-state index contributed by atoms with van der Waals surface area (Å²) in [6, 6.07) is 10.3. The first-order valence-electron chi connectivity index (χ1n) is 16.9. The number of hydrogen-bond donors (Lipinski definition) is 6. The summed E-state index contributed by atoms with van der Waals surface area (Å²) in [4.78, 5) is 81.8. The minimum absolute atomic E-state index is 0.0585. The monoisotopic (exact) mass is 718 g/mol. The van der Waals surface area contributed by atoms with E-state index < -0.39 is 78.4 Å². The Kier molecular flexibility index (Phi) is 12.5. The van der Waals surface area contributed by atoms with Gasteiger partial charge < -0.3 is 41.3 Å². The Bertz CT molecular complexity index is 1720. The van der Waals surface area contributed by atoms with Crippen LogP contribution in [0, 0.1) is 0 Å². The first-order valence-corrected chi connectivity index (χ1v) is 16.9. The summed E-state index contributed by atoms with van der Waals surface area (Å²) in [5, 5.41) is 34.6. The van der Waals surface area contributed by atoms with E-state index >= 15 is 0 Å². The van der Waals surface area contributed by atoms with Gasteiger partial charge >= 0.3 is 0 Å². The predicted molar refractivity (Wildman–Crippen MR) is 182 cm³/mol. The molecule has 6 atom stereocenters. The highest BCUT2D eigenvalue weighted by atomic mass is 16.5. The highest BCUT2D eigenvalue weighted by Gasteiger charge is 2.44. The fraction of sp³-hybridized carbons (Fsp3) is 0.441. The lowest BCUT2D eigenvalue weighted by molar-refractivity contribution is -0.143. The van der Waals surface area contributed by atoms with Crippen LogP contribution in [0.5, 0.6) is 5.75 Å². The highest BCUT2D eigenvalue weighted by molar-refractivity contribution is 5.96. The molecule has 6 N–H and O–H groups in total. The maximum absolute atomic E-state index is 14.4. The van der Waals surface area contributed by atoms with E-state index in [2.05, 4.69) is 42.1 Å². The highest BCUT2D eigenvalue weighted by Crippen LogP contribution is 2.22. The van der Waals surface area contributed by atoms with Gasteiger partial charge in [-0.1, -0.05) is 42.5 Å². The molecule has 3 aliphatic heterocycles. The van der Waals surface area contributed by atoms with Gasteiger partial charge in [-0.3, -0.25) is 28.8 Å². The summed E-state index contributed by atoms with van der Waals surface area (Å²) < 4.78 is 6.91. The number of amides is 6. The molecule has 276 valence electrons. The molecule has 0 aliphatic carbocycles. The van der Waals surface area contributed by atoms with Crippen LogP contribution in [0.15, 0.2) is 60.9 Å². The van der Waals surface area contributed by atoms with Crippen LogP contribution < -0.4 is 31.3 Å². The number of carbonyl (C=O) groups excluding carboxylic acids is 6. The molecule has 2 bridgehead atoms. The van der Waals surface area contributed by atoms with E-state index in [1.54, 1.807) is 48.5 Å². The quantitative estimate of drug-likeness (QED) is 0.147. The van der Waals surface area contributed by atoms with Crippen molar-refractivity contribution in [2.75, 3.05) is 19.7 Å². The van der Waals surface area contributed by atoms with Gasteiger partial charge in [0, 0.05) is 25.6 Å². The van der Waals surface area contributed by atoms with Crippen LogP contribution in [0.25, 0.3) is 0 Å². The number of aliphatic hydroxyl groups is 1. The third-order valence-corrected chi connectivity index (χ3v) is 8.69. The molecule has 52 heavy (non-hydrogen) atoms. The van der Waals surface area contributed by atoms with Crippen molar-refractivity contribution in [2.24, 2.45) is 0 Å². The van der Waals surface area contributed by atoms with Gasteiger partial charge in [-0.05, 0) is 60.4 Å². The van der Waals surface area contributed by atoms with Crippen LogP contribution in [0.3, 0.4) is 0 Å². The van der Waals surface area contributed by atoms with E-state index in [9.17, 15) is 33.9 Å². The van der Waals surface area contributed by atoms with Crippen LogP contribution >= 0.6 is 0 Å². The topological polar surface area (TPSA) is 239 Å². The fourth-order valence-electron chi connectivity index (χ4n) is 6.00. The second-order valence-electron chi connectivity index (χ2n) is 12.8. The number of nitrogens with one attached hydrogen (secondary N) is 5. The normalized spacial score (nSPS) is 24.2. The van der Waals surface area contributed by atoms with Crippen molar-refractivity contribution in [3.8, 4) is 5.75 Å². The number of hydrogen-bond acceptors (Lipinski definition) is 11. The van der Waals surface area contributed by atoms with E-state index in [1.807, 2.05) is 6.07 Å². The molecule has 0 radical (unpaired) electrons. The van der Waals surface area contributed by atoms with Crippen molar-refractivity contribution in [2.45, 2.75) is 76.0 Å². The number of aromatic nitrogens is 4. The van der Waals surface area contributed by atoms with Crippen LogP contribution in [0.4, 0.5) is 0 Å². The molecule has 0 saturated carbocycles. The van der Waals surface area contributed by atoms with Crippen molar-refractivity contribution in [3.63, 3.8) is 0 Å². The van der Waals surface area contributed by atoms with Crippen LogP contribution in [0.1, 0.15) is 31.4 Å². The Morgan fingerprint density at radius 3 is 2.44 bits per heavy atom. The molecule has 4 heterocycles. The van der Waals surface area contributed by atoms with Gasteiger partial charge in [0.2, 0.25) is 29.5 Å². The summed E-state index contributed by atoms with van der Waals surface area (Å²) in [5.74, 6) is -3.37. The van der Waals surface area contributed by atoms with Crippen molar-refractivity contribution in [1.29, 1.82) is 0 Å². The molecule has 18 nitrogen and oxygen atoms in total. The van der Waals surface area contributed by atoms with Crippen LogP contribution in [-0.2, 0) is 48.2 Å². The zero-order valence-electron chi connectivity index (χ0n) is 28.7. The lowest BCUT2D eigenvalue weighted by atomic mass is 10.0. The summed E-state index contributed by atoms with van der Waals surface area (Å²) in [7, 11) is 0. The van der Waals surface area contributed by atoms with Gasteiger partial charge in [0.05, 0.1) is 6.10 Å². The zero-order valence-corrected chi connectivity index (χ0v) is 28.7. The summed E-state index contributed by atoms with van der Waals surface area (Å²) in [6.45, 7) is 2.29. The Balaban J connectivity index is 1.44. The number of benzene rings is 2. The van der Waals surface area contributed by atoms with E-state index in [0.717, 1.165) is 11.1 Å². The first-order chi connectivity index (χ1) is 25.0. The summed E-state index contributed by atoms with van der Waals surface area (Å²) >= 11 is 0. The van der Waals surface area contributed by atoms with Crippen LogP contribution in [0.2, 0.25) is 0 Å². The molecule has 6 rings (SSSR count). The van der Waals surface area contributed by atoms with Gasteiger partial charge in [-0.25, -0.2) is 4.68 Å². The van der Waals surface area contributed by atoms with Crippen molar-refractivity contribution >= 4 is 35.4 Å². The van der Waals surface area contributed by atoms with Gasteiger partial charge in [-0.2, -0.15) is 0 Å². The van der Waals surface area contributed by atoms with Crippen molar-refractivity contribution in [1.82, 2.24) is 51.7 Å². The van der Waals surface area contributed by atoms with Crippen molar-refractivity contribution in [3.05, 3.63) is 72.1 Å². The average molecular weight is 719 g/mol. The van der Waals surface area contributed by atoms with Crippen LogP contribution in [-0.4, -0.2) is 122 Å². The number of rotatable bonds is 6. The molecule has 2 aromatic carbocycles. The predicted octanol–water partition coefficient (Wildman–Crippen LogP) is -2.39. The molecular formula is C34H42N10O8. The number of aliphatic hydroxyl groups excluding tert-OH is 1. The molecule has 18 heteroatoms. The Morgan fingerprint density at radius 2 is 1.75 bits per heavy atom. The van der Waals surface area contributed by atoms with E-state index in [1.165, 1.54) is 29.8 Å². The number of nitrogens with zero attached hydrogens (tertiary/aromatic N) is 5. The Hall–Kier alpha value is -5.91. The third-order valence-electron chi connectivity index (χ3n) is 8.69. The molecule has 0 spiro atoms. The second-order valence-corrected chi connectivity index (χ2v) is 12.8. The Morgan fingerprint density at radius 1 is 1.00 bits per heavy atom. The van der Waals surface area contributed by atoms with E-state index in [4.69, 9.17) is 4.74 Å². The average Bonchev–Trinajstić information content (AvgIpc) is 3.79. The Labute approximate surface area is 299 Å². The molecule has 1 fully saturated rings. The maximum atomic E-state index is 14.4. The smallest absolute Gasteiger partial charge is 0.258 e. The zero-order chi connectivity index (χ0) is 37.2. The molecule has 6 amide bonds. The minimum Gasteiger partial charge on any atom is -0.484 e. The molecule has 3 aliphatic rings. The van der Waals surface area contributed by atoms with Crippen molar-refractivity contribution < 1.29 is 38.6 Å². The molecule has 3 aromatic rings. The molecule has 1 saturated heterocycles. The summed E-state index contributed by atoms with van der Waals surface area (Å²) in [5.41, 5.74) is 1.61. The van der Waals surface area contributed by atoms with Gasteiger partial charge in [0.25, 0.3) is 5.91 Å². The summed E-state index contributed by atoms with van der Waals surface area (Å²) in [6.07, 6.45) is 0.349. The number of fused-ring (bicyclic) bond motifs is 16. The maximum Gasteiger partial charge on any atom is 0.258 e. The van der Waals surface area contributed by atoms with Gasteiger partial charge in [-0.15, -0.1) is 5.10 Å². The minimum atomic E-state index is -1.50. The van der Waals surface area contributed by atoms with E-state index in [0.29, 0.717) is 12.2 Å². The number of carbonyl (C=O) groups is 6.